The number of ether oxygens (including phenoxy) is 1. The van der Waals surface area contributed by atoms with Crippen molar-refractivity contribution in [3.63, 3.8) is 0 Å². The summed E-state index contributed by atoms with van der Waals surface area (Å²) in [4.78, 5) is 15.0. The quantitative estimate of drug-likeness (QED) is 0.869. The van der Waals surface area contributed by atoms with E-state index in [9.17, 15) is 4.79 Å². The number of likely N-dealkylation sites (N-methyl/N-ethyl adjacent to an activating group) is 1. The second-order valence-corrected chi connectivity index (χ2v) is 4.86. The first kappa shape index (κ1) is 13.3. The van der Waals surface area contributed by atoms with Gasteiger partial charge in [0.25, 0.3) is 0 Å². The molecule has 0 bridgehead atoms. The zero-order valence-electron chi connectivity index (χ0n) is 12.0. The molecule has 1 aromatic carbocycles. The predicted molar refractivity (Wildman–Crippen MR) is 80.0 cm³/mol. The van der Waals surface area contributed by atoms with E-state index in [0.717, 1.165) is 16.9 Å². The Balaban J connectivity index is 1.90. The van der Waals surface area contributed by atoms with Crippen molar-refractivity contribution in [3.05, 3.63) is 49.0 Å². The lowest BCUT2D eigenvalue weighted by Gasteiger charge is -2.16. The Hall–Kier alpha value is -2.69. The SMILES string of the molecule is C=C1N(C)C(=O)CN1c1cc(-c2cccc(OC)c2)co1. The van der Waals surface area contributed by atoms with Crippen LogP contribution in [0.15, 0.2) is 53.4 Å². The molecule has 1 aliphatic rings. The molecule has 21 heavy (non-hydrogen) atoms. The Kier molecular flexibility index (Phi) is 3.17. The van der Waals surface area contributed by atoms with Gasteiger partial charge in [0.05, 0.1) is 7.11 Å². The number of rotatable bonds is 3. The molecule has 1 fully saturated rings. The smallest absolute Gasteiger partial charge is 0.247 e. The minimum Gasteiger partial charge on any atom is -0.497 e. The molecule has 5 heteroatoms. The van der Waals surface area contributed by atoms with Gasteiger partial charge in [-0.3, -0.25) is 9.69 Å². The number of methoxy groups -OCH3 is 1. The van der Waals surface area contributed by atoms with E-state index >= 15 is 0 Å². The van der Waals surface area contributed by atoms with Crippen molar-refractivity contribution in [1.29, 1.82) is 0 Å². The number of hydrogen-bond acceptors (Lipinski definition) is 4. The third-order valence-electron chi connectivity index (χ3n) is 3.62. The number of anilines is 1. The van der Waals surface area contributed by atoms with E-state index in [1.165, 1.54) is 4.90 Å². The van der Waals surface area contributed by atoms with Gasteiger partial charge < -0.3 is 14.1 Å². The Labute approximate surface area is 123 Å². The maximum atomic E-state index is 11.7. The van der Waals surface area contributed by atoms with Crippen LogP contribution in [-0.4, -0.2) is 31.5 Å². The number of hydrogen-bond donors (Lipinski definition) is 0. The van der Waals surface area contributed by atoms with E-state index in [1.54, 1.807) is 25.3 Å². The first-order valence-corrected chi connectivity index (χ1v) is 6.56. The maximum Gasteiger partial charge on any atom is 0.247 e. The molecule has 0 saturated carbocycles. The molecule has 0 atom stereocenters. The first-order chi connectivity index (χ1) is 10.1. The Morgan fingerprint density at radius 2 is 2.10 bits per heavy atom. The molecule has 0 radical (unpaired) electrons. The van der Waals surface area contributed by atoms with Crippen LogP contribution in [0, 0.1) is 0 Å². The van der Waals surface area contributed by atoms with Crippen LogP contribution < -0.4 is 9.64 Å². The van der Waals surface area contributed by atoms with Gasteiger partial charge in [-0.1, -0.05) is 18.7 Å². The van der Waals surface area contributed by atoms with Crippen molar-refractivity contribution >= 4 is 11.8 Å². The van der Waals surface area contributed by atoms with Crippen LogP contribution in [0.2, 0.25) is 0 Å². The van der Waals surface area contributed by atoms with Gasteiger partial charge >= 0.3 is 0 Å². The van der Waals surface area contributed by atoms with E-state index < -0.39 is 0 Å². The molecule has 108 valence electrons. The molecule has 5 nitrogen and oxygen atoms in total. The summed E-state index contributed by atoms with van der Waals surface area (Å²) in [6.45, 7) is 4.15. The molecule has 2 aromatic rings. The van der Waals surface area contributed by atoms with Crippen LogP contribution in [0.25, 0.3) is 11.1 Å². The molecule has 0 N–H and O–H groups in total. The van der Waals surface area contributed by atoms with Crippen molar-refractivity contribution in [2.75, 3.05) is 25.6 Å². The summed E-state index contributed by atoms with van der Waals surface area (Å²) in [6, 6.07) is 9.62. The lowest BCUT2D eigenvalue weighted by atomic mass is 10.1. The molecule has 1 amide bonds. The van der Waals surface area contributed by atoms with E-state index in [4.69, 9.17) is 9.15 Å². The van der Waals surface area contributed by atoms with E-state index in [1.807, 2.05) is 30.3 Å². The van der Waals surface area contributed by atoms with E-state index in [0.29, 0.717) is 11.7 Å². The molecule has 0 spiro atoms. The number of benzene rings is 1. The third-order valence-corrected chi connectivity index (χ3v) is 3.62. The minimum atomic E-state index is -0.000620. The number of carbonyl (C=O) groups excluding carboxylic acids is 1. The summed E-state index contributed by atoms with van der Waals surface area (Å²) >= 11 is 0. The van der Waals surface area contributed by atoms with Gasteiger partial charge in [-0.2, -0.15) is 0 Å². The Morgan fingerprint density at radius 3 is 2.76 bits per heavy atom. The molecule has 0 unspecified atom stereocenters. The topological polar surface area (TPSA) is 45.9 Å². The van der Waals surface area contributed by atoms with Gasteiger partial charge in [-0.25, -0.2) is 0 Å². The molecule has 0 aliphatic carbocycles. The number of carbonyl (C=O) groups is 1. The van der Waals surface area contributed by atoms with Crippen molar-refractivity contribution in [2.45, 2.75) is 0 Å². The molecular weight excluding hydrogens is 268 g/mol. The van der Waals surface area contributed by atoms with Crippen molar-refractivity contribution < 1.29 is 13.9 Å². The summed E-state index contributed by atoms with van der Waals surface area (Å²) in [5.41, 5.74) is 1.92. The van der Waals surface area contributed by atoms with Gasteiger partial charge in [0.2, 0.25) is 11.8 Å². The Bertz CT molecular complexity index is 705. The van der Waals surface area contributed by atoms with Gasteiger partial charge in [-0.15, -0.1) is 0 Å². The predicted octanol–water partition coefficient (Wildman–Crippen LogP) is 2.70. The summed E-state index contributed by atoms with van der Waals surface area (Å²) in [5, 5.41) is 0. The second kappa shape index (κ2) is 5.01. The summed E-state index contributed by atoms with van der Waals surface area (Å²) in [6.07, 6.45) is 1.67. The largest absolute Gasteiger partial charge is 0.497 e. The van der Waals surface area contributed by atoms with Crippen molar-refractivity contribution in [3.8, 4) is 16.9 Å². The zero-order valence-corrected chi connectivity index (χ0v) is 12.0. The van der Waals surface area contributed by atoms with Crippen molar-refractivity contribution in [2.24, 2.45) is 0 Å². The van der Waals surface area contributed by atoms with Crippen LogP contribution in [0.4, 0.5) is 5.88 Å². The highest BCUT2D eigenvalue weighted by atomic mass is 16.5. The normalized spacial score (nSPS) is 15.0. The van der Waals surface area contributed by atoms with Crippen LogP contribution in [0.1, 0.15) is 0 Å². The fourth-order valence-electron chi connectivity index (χ4n) is 2.28. The third kappa shape index (κ3) is 2.27. The average Bonchev–Trinajstić information content (AvgIpc) is 3.08. The molecule has 1 aromatic heterocycles. The van der Waals surface area contributed by atoms with Crippen LogP contribution in [0.3, 0.4) is 0 Å². The van der Waals surface area contributed by atoms with Crippen molar-refractivity contribution in [1.82, 2.24) is 4.90 Å². The number of furan rings is 1. The fraction of sp³-hybridized carbons (Fsp3) is 0.188. The lowest BCUT2D eigenvalue weighted by molar-refractivity contribution is -0.124. The fourth-order valence-corrected chi connectivity index (χ4v) is 2.28. The van der Waals surface area contributed by atoms with Gasteiger partial charge in [0.15, 0.2) is 0 Å². The second-order valence-electron chi connectivity index (χ2n) is 4.86. The molecule has 2 heterocycles. The van der Waals surface area contributed by atoms with Crippen LogP contribution in [-0.2, 0) is 4.79 Å². The maximum absolute atomic E-state index is 11.7. The summed E-state index contributed by atoms with van der Waals surface area (Å²) in [5.74, 6) is 2.01. The van der Waals surface area contributed by atoms with E-state index in [-0.39, 0.29) is 12.5 Å². The molecule has 1 saturated heterocycles. The standard InChI is InChI=1S/C16H16N2O3/c1-11-17(2)15(19)9-18(11)16-8-13(10-21-16)12-5-4-6-14(7-12)20-3/h4-8,10H,1,9H2,2-3H3. The molecule has 1 aliphatic heterocycles. The van der Waals surface area contributed by atoms with Gasteiger partial charge in [-0.05, 0) is 17.7 Å². The van der Waals surface area contributed by atoms with Gasteiger partial charge in [0, 0.05) is 18.7 Å². The van der Waals surface area contributed by atoms with Crippen LogP contribution >= 0.6 is 0 Å². The summed E-state index contributed by atoms with van der Waals surface area (Å²) < 4.78 is 10.8. The van der Waals surface area contributed by atoms with Gasteiger partial charge in [0.1, 0.15) is 24.4 Å². The number of nitrogens with zero attached hydrogens (tertiary/aromatic N) is 2. The monoisotopic (exact) mass is 284 g/mol. The lowest BCUT2D eigenvalue weighted by Crippen LogP contribution is -2.18. The molecular formula is C16H16N2O3. The average molecular weight is 284 g/mol. The highest BCUT2D eigenvalue weighted by Crippen LogP contribution is 2.32. The first-order valence-electron chi connectivity index (χ1n) is 6.56. The Morgan fingerprint density at radius 1 is 1.29 bits per heavy atom. The summed E-state index contributed by atoms with van der Waals surface area (Å²) in [7, 11) is 3.34. The van der Waals surface area contributed by atoms with E-state index in [2.05, 4.69) is 6.58 Å². The highest BCUT2D eigenvalue weighted by molar-refractivity contribution is 5.88. The van der Waals surface area contributed by atoms with Crippen LogP contribution in [0.5, 0.6) is 5.75 Å². The molecule has 3 rings (SSSR count). The number of amides is 1. The minimum absolute atomic E-state index is 0.000620. The zero-order chi connectivity index (χ0) is 15.0. The highest BCUT2D eigenvalue weighted by Gasteiger charge is 2.30.